The number of amides is 1. The first-order chi connectivity index (χ1) is 11.9. The van der Waals surface area contributed by atoms with Gasteiger partial charge in [-0.05, 0) is 30.3 Å². The van der Waals surface area contributed by atoms with E-state index >= 15 is 0 Å². The first-order valence-electron chi connectivity index (χ1n) is 7.02. The second-order valence-corrected chi connectivity index (χ2v) is 8.01. The molecule has 132 valence electrons. The smallest absolute Gasteiger partial charge is 0.279 e. The summed E-state index contributed by atoms with van der Waals surface area (Å²) < 4.78 is 36.1. The van der Waals surface area contributed by atoms with Gasteiger partial charge in [-0.25, -0.2) is 8.42 Å². The molecule has 0 radical (unpaired) electrons. The molecule has 1 amide bonds. The molecule has 1 atom stereocenters. The molecule has 25 heavy (non-hydrogen) atoms. The zero-order valence-electron chi connectivity index (χ0n) is 12.5. The maximum absolute atomic E-state index is 12.3. The van der Waals surface area contributed by atoms with Crippen molar-refractivity contribution in [3.63, 3.8) is 0 Å². The third-order valence-electron chi connectivity index (χ3n) is 3.29. The zero-order chi connectivity index (χ0) is 18.0. The quantitative estimate of drug-likeness (QED) is 0.701. The average molecular weight is 448 g/mol. The molecule has 0 saturated heterocycles. The van der Waals surface area contributed by atoms with E-state index in [1.807, 2.05) is 4.83 Å². The Hall–Kier alpha value is -1.81. The van der Waals surface area contributed by atoms with Gasteiger partial charge in [0.05, 0.1) is 5.02 Å². The molecule has 2 aromatic rings. The molecule has 1 heterocycles. The molecular weight excluding hydrogens is 436 g/mol. The van der Waals surface area contributed by atoms with Gasteiger partial charge in [-0.2, -0.15) is 0 Å². The number of carbonyl (C=O) groups excluding carboxylic acids is 1. The van der Waals surface area contributed by atoms with Crippen LogP contribution in [-0.4, -0.2) is 27.0 Å². The Morgan fingerprint density at radius 1 is 1.20 bits per heavy atom. The summed E-state index contributed by atoms with van der Waals surface area (Å²) in [4.78, 5) is 14.0. The number of hydrogen-bond donors (Lipinski definition) is 2. The molecular formula is C15H12BrClN2O5S. The van der Waals surface area contributed by atoms with Crippen LogP contribution >= 0.6 is 27.5 Å². The summed E-state index contributed by atoms with van der Waals surface area (Å²) in [5, 5.41) is 0.0160. The predicted molar refractivity (Wildman–Crippen MR) is 94.0 cm³/mol. The topological polar surface area (TPSA) is 93.7 Å². The van der Waals surface area contributed by atoms with Crippen molar-refractivity contribution in [2.75, 3.05) is 6.61 Å². The van der Waals surface area contributed by atoms with Gasteiger partial charge in [0, 0.05) is 4.47 Å². The van der Waals surface area contributed by atoms with Crippen LogP contribution in [0.2, 0.25) is 5.02 Å². The van der Waals surface area contributed by atoms with Crippen molar-refractivity contribution >= 4 is 43.5 Å². The Morgan fingerprint density at radius 2 is 1.92 bits per heavy atom. The number of benzene rings is 2. The highest BCUT2D eigenvalue weighted by Crippen LogP contribution is 2.31. The van der Waals surface area contributed by atoms with Crippen LogP contribution in [0.1, 0.15) is 0 Å². The number of rotatable bonds is 4. The van der Waals surface area contributed by atoms with Gasteiger partial charge in [0.15, 0.2) is 11.5 Å². The number of hydrogen-bond acceptors (Lipinski definition) is 5. The van der Waals surface area contributed by atoms with Crippen LogP contribution in [0.3, 0.4) is 0 Å². The maximum atomic E-state index is 12.3. The van der Waals surface area contributed by atoms with Crippen molar-refractivity contribution in [3.05, 3.63) is 52.0 Å². The maximum Gasteiger partial charge on any atom is 0.279 e. The van der Waals surface area contributed by atoms with Crippen LogP contribution in [-0.2, 0) is 14.8 Å². The van der Waals surface area contributed by atoms with E-state index in [1.54, 1.807) is 24.3 Å². The lowest BCUT2D eigenvalue weighted by atomic mass is 10.2. The summed E-state index contributed by atoms with van der Waals surface area (Å²) in [6.45, 7) is -0.0381. The van der Waals surface area contributed by atoms with Crippen LogP contribution in [0.15, 0.2) is 51.8 Å². The zero-order valence-corrected chi connectivity index (χ0v) is 15.7. The highest BCUT2D eigenvalue weighted by atomic mass is 79.9. The second-order valence-electron chi connectivity index (χ2n) is 5.03. The first kappa shape index (κ1) is 18.0. The summed E-state index contributed by atoms with van der Waals surface area (Å²) in [6, 6.07) is 11.2. The SMILES string of the molecule is O=C(NNS(=O)(=O)c1ccc(Br)cc1Cl)[C@@H]1COc2ccccc2O1. The van der Waals surface area contributed by atoms with Gasteiger partial charge in [-0.3, -0.25) is 10.2 Å². The molecule has 0 fully saturated rings. The standard InChI is InChI=1S/C15H12BrClN2O5S/c16-9-5-6-14(10(17)7-9)25(21,22)19-18-15(20)13-8-23-11-3-1-2-4-12(11)24-13/h1-7,13,19H,8H2,(H,18,20)/t13-/m0/s1. The third kappa shape index (κ3) is 4.06. The van der Waals surface area contributed by atoms with Gasteiger partial charge in [0.2, 0.25) is 6.10 Å². The minimum absolute atomic E-state index is 0.0160. The molecule has 3 rings (SSSR count). The monoisotopic (exact) mass is 446 g/mol. The molecule has 7 nitrogen and oxygen atoms in total. The predicted octanol–water partition coefficient (Wildman–Crippen LogP) is 2.25. The van der Waals surface area contributed by atoms with Crippen molar-refractivity contribution in [3.8, 4) is 11.5 Å². The molecule has 0 spiro atoms. The average Bonchev–Trinajstić information content (AvgIpc) is 2.59. The van der Waals surface area contributed by atoms with E-state index in [0.717, 1.165) is 0 Å². The van der Waals surface area contributed by atoms with E-state index in [9.17, 15) is 13.2 Å². The Kier molecular flexibility index (Phi) is 5.19. The molecule has 0 aromatic heterocycles. The van der Waals surface area contributed by atoms with Gasteiger partial charge in [0.25, 0.3) is 15.9 Å². The van der Waals surface area contributed by atoms with E-state index in [2.05, 4.69) is 21.4 Å². The number of fused-ring (bicyclic) bond motifs is 1. The Bertz CT molecular complexity index is 922. The van der Waals surface area contributed by atoms with Crippen LogP contribution in [0.25, 0.3) is 0 Å². The molecule has 0 saturated carbocycles. The van der Waals surface area contributed by atoms with E-state index in [-0.39, 0.29) is 16.5 Å². The van der Waals surface area contributed by atoms with Crippen molar-refractivity contribution in [1.29, 1.82) is 0 Å². The molecule has 2 aromatic carbocycles. The van der Waals surface area contributed by atoms with Crippen molar-refractivity contribution in [2.45, 2.75) is 11.0 Å². The number of hydrazine groups is 1. The number of para-hydroxylation sites is 2. The van der Waals surface area contributed by atoms with E-state index in [0.29, 0.717) is 16.0 Å². The van der Waals surface area contributed by atoms with E-state index < -0.39 is 22.0 Å². The van der Waals surface area contributed by atoms with E-state index in [4.69, 9.17) is 21.1 Å². The lowest BCUT2D eigenvalue weighted by Crippen LogP contribution is -2.50. The summed E-state index contributed by atoms with van der Waals surface area (Å²) in [6.07, 6.45) is -0.988. The van der Waals surface area contributed by atoms with Gasteiger partial charge < -0.3 is 9.47 Å². The van der Waals surface area contributed by atoms with Crippen molar-refractivity contribution < 1.29 is 22.7 Å². The summed E-state index contributed by atoms with van der Waals surface area (Å²) in [7, 11) is -4.03. The minimum atomic E-state index is -4.03. The van der Waals surface area contributed by atoms with Crippen LogP contribution in [0, 0.1) is 0 Å². The molecule has 1 aliphatic heterocycles. The Balaban J connectivity index is 1.66. The molecule has 1 aliphatic rings. The summed E-state index contributed by atoms with van der Waals surface area (Å²) in [5.74, 6) is 0.243. The van der Waals surface area contributed by atoms with Gasteiger partial charge in [0.1, 0.15) is 11.5 Å². The Morgan fingerprint density at radius 3 is 2.64 bits per heavy atom. The normalized spacial score (nSPS) is 16.3. The third-order valence-corrected chi connectivity index (χ3v) is 5.52. The first-order valence-corrected chi connectivity index (χ1v) is 9.67. The van der Waals surface area contributed by atoms with Gasteiger partial charge >= 0.3 is 0 Å². The van der Waals surface area contributed by atoms with Crippen LogP contribution in [0.4, 0.5) is 0 Å². The van der Waals surface area contributed by atoms with Crippen LogP contribution < -0.4 is 19.7 Å². The fourth-order valence-electron chi connectivity index (χ4n) is 2.09. The molecule has 0 bridgehead atoms. The number of sulfonamides is 1. The van der Waals surface area contributed by atoms with Crippen molar-refractivity contribution in [1.82, 2.24) is 10.3 Å². The largest absolute Gasteiger partial charge is 0.485 e. The lowest BCUT2D eigenvalue weighted by molar-refractivity contribution is -0.130. The molecule has 2 N–H and O–H groups in total. The number of halogens is 2. The minimum Gasteiger partial charge on any atom is -0.485 e. The fraction of sp³-hybridized carbons (Fsp3) is 0.133. The Labute approximate surface area is 157 Å². The van der Waals surface area contributed by atoms with E-state index in [1.165, 1.54) is 18.2 Å². The number of carbonyl (C=O) groups is 1. The second kappa shape index (κ2) is 7.20. The summed E-state index contributed by atoms with van der Waals surface area (Å²) in [5.41, 5.74) is 2.11. The molecule has 0 unspecified atom stereocenters. The number of nitrogens with one attached hydrogen (secondary N) is 2. The molecule has 10 heteroatoms. The lowest BCUT2D eigenvalue weighted by Gasteiger charge is -2.25. The van der Waals surface area contributed by atoms with Crippen molar-refractivity contribution in [2.24, 2.45) is 0 Å². The van der Waals surface area contributed by atoms with Crippen LogP contribution in [0.5, 0.6) is 11.5 Å². The van der Waals surface area contributed by atoms with Gasteiger partial charge in [-0.1, -0.05) is 39.7 Å². The highest BCUT2D eigenvalue weighted by Gasteiger charge is 2.28. The van der Waals surface area contributed by atoms with Gasteiger partial charge in [-0.15, -0.1) is 4.83 Å². The highest BCUT2D eigenvalue weighted by molar-refractivity contribution is 9.10. The summed E-state index contributed by atoms with van der Waals surface area (Å²) >= 11 is 9.12. The fourth-order valence-corrected chi connectivity index (χ4v) is 3.98. The number of ether oxygens (including phenoxy) is 2. The molecule has 0 aliphatic carbocycles.